The monoisotopic (exact) mass is 163 g/mol. The number of thioether (sulfide) groups is 1. The fourth-order valence-electron chi connectivity index (χ4n) is 0.578. The zero-order valence-corrected chi connectivity index (χ0v) is 7.29. The maximum Gasteiger partial charge on any atom is 0.249 e. The lowest BCUT2D eigenvalue weighted by atomic mass is 9.96. The molecule has 0 atom stereocenters. The van der Waals surface area contributed by atoms with Crippen LogP contribution in [0, 0.1) is 5.41 Å². The van der Waals surface area contributed by atoms with Crippen LogP contribution in [-0.4, -0.2) is 23.1 Å². The largest absolute Gasteiger partial charge is 0.289 e. The molecule has 0 saturated heterocycles. The quantitative estimate of drug-likeness (QED) is 0.479. The Morgan fingerprint density at radius 3 is 2.50 bits per heavy atom. The molecule has 0 aliphatic rings. The highest BCUT2D eigenvalue weighted by Gasteiger charge is 2.26. The second-order valence-electron chi connectivity index (χ2n) is 2.76. The first-order valence-electron chi connectivity index (χ1n) is 2.98. The van der Waals surface area contributed by atoms with E-state index in [9.17, 15) is 4.79 Å². The van der Waals surface area contributed by atoms with Crippen molar-refractivity contribution in [1.29, 1.82) is 0 Å². The maximum absolute atomic E-state index is 10.8. The van der Waals surface area contributed by atoms with Crippen LogP contribution < -0.4 is 5.48 Å². The predicted octanol–water partition coefficient (Wildman–Crippen LogP) is 0.881. The Bertz CT molecular complexity index is 125. The summed E-state index contributed by atoms with van der Waals surface area (Å²) < 4.78 is 0. The van der Waals surface area contributed by atoms with Gasteiger partial charge in [-0.3, -0.25) is 10.0 Å². The normalized spacial score (nSPS) is 11.2. The van der Waals surface area contributed by atoms with Gasteiger partial charge in [-0.1, -0.05) is 13.8 Å². The predicted molar refractivity (Wildman–Crippen MR) is 42.1 cm³/mol. The number of carbonyl (C=O) groups is 1. The summed E-state index contributed by atoms with van der Waals surface area (Å²) in [5.74, 6) is 0.376. The van der Waals surface area contributed by atoms with Crippen molar-refractivity contribution in [3.05, 3.63) is 0 Å². The van der Waals surface area contributed by atoms with Gasteiger partial charge < -0.3 is 0 Å². The number of rotatable bonds is 3. The molecular formula is C6H13NO2S. The molecule has 0 aromatic carbocycles. The van der Waals surface area contributed by atoms with E-state index in [2.05, 4.69) is 0 Å². The Kier molecular flexibility index (Phi) is 3.75. The molecule has 0 unspecified atom stereocenters. The lowest BCUT2D eigenvalue weighted by Crippen LogP contribution is -2.36. The molecule has 0 heterocycles. The Hall–Kier alpha value is -0.220. The van der Waals surface area contributed by atoms with Crippen molar-refractivity contribution >= 4 is 17.7 Å². The summed E-state index contributed by atoms with van der Waals surface area (Å²) in [5, 5.41) is 8.29. The van der Waals surface area contributed by atoms with E-state index in [0.29, 0.717) is 5.75 Å². The van der Waals surface area contributed by atoms with Gasteiger partial charge in [-0.05, 0) is 6.26 Å². The molecule has 4 heteroatoms. The van der Waals surface area contributed by atoms with Crippen molar-refractivity contribution in [3.63, 3.8) is 0 Å². The second kappa shape index (κ2) is 3.83. The first-order chi connectivity index (χ1) is 4.54. The van der Waals surface area contributed by atoms with Crippen molar-refractivity contribution in [1.82, 2.24) is 5.48 Å². The van der Waals surface area contributed by atoms with Gasteiger partial charge in [0.1, 0.15) is 0 Å². The van der Waals surface area contributed by atoms with E-state index >= 15 is 0 Å². The minimum absolute atomic E-state index is 0.332. The topological polar surface area (TPSA) is 49.3 Å². The molecule has 0 saturated carbocycles. The van der Waals surface area contributed by atoms with Gasteiger partial charge in [-0.15, -0.1) is 0 Å². The van der Waals surface area contributed by atoms with Crippen LogP contribution in [0.3, 0.4) is 0 Å². The SMILES string of the molecule is CSCC(C)(C)C(=O)NO. The lowest BCUT2D eigenvalue weighted by molar-refractivity contribution is -0.136. The summed E-state index contributed by atoms with van der Waals surface area (Å²) in [5.41, 5.74) is 1.16. The molecule has 10 heavy (non-hydrogen) atoms. The van der Waals surface area contributed by atoms with E-state index in [4.69, 9.17) is 5.21 Å². The van der Waals surface area contributed by atoms with Crippen LogP contribution in [0.25, 0.3) is 0 Å². The molecule has 0 aromatic heterocycles. The lowest BCUT2D eigenvalue weighted by Gasteiger charge is -2.19. The Labute approximate surface area is 65.1 Å². The van der Waals surface area contributed by atoms with Crippen LogP contribution in [0.2, 0.25) is 0 Å². The van der Waals surface area contributed by atoms with Gasteiger partial charge in [0.25, 0.3) is 0 Å². The number of hydrogen-bond donors (Lipinski definition) is 2. The maximum atomic E-state index is 10.8. The highest BCUT2D eigenvalue weighted by Crippen LogP contribution is 2.19. The number of hydrogen-bond acceptors (Lipinski definition) is 3. The fourth-order valence-corrected chi connectivity index (χ4v) is 1.43. The summed E-state index contributed by atoms with van der Waals surface area (Å²) in [6.45, 7) is 3.57. The van der Waals surface area contributed by atoms with Crippen LogP contribution in [0.1, 0.15) is 13.8 Å². The van der Waals surface area contributed by atoms with Crippen molar-refractivity contribution in [2.75, 3.05) is 12.0 Å². The highest BCUT2D eigenvalue weighted by molar-refractivity contribution is 7.98. The smallest absolute Gasteiger partial charge is 0.249 e. The number of amides is 1. The third-order valence-corrected chi connectivity index (χ3v) is 2.23. The van der Waals surface area contributed by atoms with Crippen LogP contribution in [0.5, 0.6) is 0 Å². The fraction of sp³-hybridized carbons (Fsp3) is 0.833. The first kappa shape index (κ1) is 9.78. The Morgan fingerprint density at radius 1 is 1.70 bits per heavy atom. The van der Waals surface area contributed by atoms with Gasteiger partial charge in [0.2, 0.25) is 5.91 Å². The zero-order valence-electron chi connectivity index (χ0n) is 6.47. The molecule has 60 valence electrons. The summed E-state index contributed by atoms with van der Waals surface area (Å²) >= 11 is 1.58. The van der Waals surface area contributed by atoms with E-state index in [1.807, 2.05) is 6.26 Å². The molecule has 0 bridgehead atoms. The van der Waals surface area contributed by atoms with E-state index in [0.717, 1.165) is 0 Å². The van der Waals surface area contributed by atoms with Crippen LogP contribution in [0.15, 0.2) is 0 Å². The van der Waals surface area contributed by atoms with Crippen molar-refractivity contribution in [3.8, 4) is 0 Å². The molecule has 0 rings (SSSR count). The average Bonchev–Trinajstić information content (AvgIpc) is 1.86. The molecule has 2 N–H and O–H groups in total. The Morgan fingerprint density at radius 2 is 2.20 bits per heavy atom. The molecular weight excluding hydrogens is 150 g/mol. The zero-order chi connectivity index (χ0) is 8.20. The van der Waals surface area contributed by atoms with E-state index in [-0.39, 0.29) is 5.91 Å². The van der Waals surface area contributed by atoms with Gasteiger partial charge in [-0.25, -0.2) is 5.48 Å². The molecule has 0 aliphatic heterocycles. The van der Waals surface area contributed by atoms with Gasteiger partial charge in [0.05, 0.1) is 5.41 Å². The highest BCUT2D eigenvalue weighted by atomic mass is 32.2. The van der Waals surface area contributed by atoms with Crippen LogP contribution in [-0.2, 0) is 4.79 Å². The van der Waals surface area contributed by atoms with Gasteiger partial charge >= 0.3 is 0 Å². The number of nitrogens with one attached hydrogen (secondary N) is 1. The average molecular weight is 163 g/mol. The second-order valence-corrected chi connectivity index (χ2v) is 3.62. The van der Waals surface area contributed by atoms with E-state index in [1.165, 1.54) is 0 Å². The van der Waals surface area contributed by atoms with Crippen molar-refractivity contribution in [2.45, 2.75) is 13.8 Å². The molecule has 3 nitrogen and oxygen atoms in total. The van der Waals surface area contributed by atoms with E-state index < -0.39 is 5.41 Å². The standard InChI is InChI=1S/C6H13NO2S/c1-6(2,4-10-3)5(8)7-9/h9H,4H2,1-3H3,(H,7,8). The summed E-state index contributed by atoms with van der Waals surface area (Å²) in [4.78, 5) is 10.8. The van der Waals surface area contributed by atoms with Crippen molar-refractivity contribution < 1.29 is 10.0 Å². The van der Waals surface area contributed by atoms with E-state index in [1.54, 1.807) is 31.1 Å². The molecule has 1 amide bonds. The summed E-state index contributed by atoms with van der Waals surface area (Å²) in [7, 11) is 0. The van der Waals surface area contributed by atoms with Crippen LogP contribution >= 0.6 is 11.8 Å². The third-order valence-electron chi connectivity index (χ3n) is 1.22. The molecule has 0 spiro atoms. The molecule has 0 radical (unpaired) electrons. The van der Waals surface area contributed by atoms with Gasteiger partial charge in [0.15, 0.2) is 0 Å². The van der Waals surface area contributed by atoms with Gasteiger partial charge in [-0.2, -0.15) is 11.8 Å². The Balaban J connectivity index is 3.96. The number of carbonyl (C=O) groups excluding carboxylic acids is 1. The first-order valence-corrected chi connectivity index (χ1v) is 4.37. The summed E-state index contributed by atoms with van der Waals surface area (Å²) in [6.07, 6.45) is 1.92. The minimum Gasteiger partial charge on any atom is -0.289 e. The van der Waals surface area contributed by atoms with Gasteiger partial charge in [0, 0.05) is 5.75 Å². The summed E-state index contributed by atoms with van der Waals surface area (Å²) in [6, 6.07) is 0. The third kappa shape index (κ3) is 2.58. The minimum atomic E-state index is -0.478. The molecule has 0 aromatic rings. The molecule has 0 fully saturated rings. The van der Waals surface area contributed by atoms with Crippen LogP contribution in [0.4, 0.5) is 0 Å². The molecule has 0 aliphatic carbocycles. The number of hydroxylamine groups is 1. The van der Waals surface area contributed by atoms with Crippen molar-refractivity contribution in [2.24, 2.45) is 5.41 Å².